The first-order valence-electron chi connectivity index (χ1n) is 10.3. The number of nitrogens with zero attached hydrogens (tertiary/aromatic N) is 4. The largest absolute Gasteiger partial charge is 0.495 e. The normalized spacial score (nSPS) is 22.6. The Bertz CT molecular complexity index is 1120. The number of halogens is 3. The first kappa shape index (κ1) is 20.0. The van der Waals surface area contributed by atoms with E-state index in [9.17, 15) is 13.2 Å². The van der Waals surface area contributed by atoms with Crippen LogP contribution in [0.1, 0.15) is 25.5 Å². The summed E-state index contributed by atoms with van der Waals surface area (Å²) < 4.78 is 48.0. The summed E-state index contributed by atoms with van der Waals surface area (Å²) in [5.41, 5.74) is -0.553. The number of fused-ring (bicyclic) bond motifs is 1. The highest BCUT2D eigenvalue weighted by molar-refractivity contribution is 5.63. The molecule has 5 rings (SSSR count). The fourth-order valence-corrected chi connectivity index (χ4v) is 4.19. The zero-order valence-corrected chi connectivity index (χ0v) is 17.2. The molecule has 1 saturated carbocycles. The van der Waals surface area contributed by atoms with Crippen LogP contribution in [0, 0.1) is 5.92 Å². The van der Waals surface area contributed by atoms with Crippen LogP contribution in [0.5, 0.6) is 5.75 Å². The maximum atomic E-state index is 13.8. The molecular weight excluding hydrogens is 409 g/mol. The molecule has 1 aliphatic carbocycles. The molecule has 0 bridgehead atoms. The summed E-state index contributed by atoms with van der Waals surface area (Å²) in [7, 11) is 1.35. The van der Waals surface area contributed by atoms with Crippen molar-refractivity contribution in [1.82, 2.24) is 24.9 Å². The van der Waals surface area contributed by atoms with Gasteiger partial charge in [-0.2, -0.15) is 18.3 Å². The van der Waals surface area contributed by atoms with Gasteiger partial charge in [0, 0.05) is 18.7 Å². The molecule has 0 spiro atoms. The van der Waals surface area contributed by atoms with Gasteiger partial charge < -0.3 is 15.4 Å². The van der Waals surface area contributed by atoms with Crippen molar-refractivity contribution in [3.63, 3.8) is 0 Å². The molecule has 3 aromatic rings. The highest BCUT2D eigenvalue weighted by Crippen LogP contribution is 2.60. The van der Waals surface area contributed by atoms with Crippen LogP contribution in [0.15, 0.2) is 30.5 Å². The Kier molecular flexibility index (Phi) is 4.58. The van der Waals surface area contributed by atoms with Crippen LogP contribution in [0.3, 0.4) is 0 Å². The van der Waals surface area contributed by atoms with Crippen molar-refractivity contribution < 1.29 is 17.9 Å². The van der Waals surface area contributed by atoms with E-state index >= 15 is 0 Å². The van der Waals surface area contributed by atoms with Crippen molar-refractivity contribution in [2.24, 2.45) is 5.92 Å². The molecule has 164 valence electrons. The van der Waals surface area contributed by atoms with Crippen LogP contribution in [0.25, 0.3) is 17.0 Å². The number of ether oxygens (including phenoxy) is 1. The molecule has 1 aliphatic heterocycles. The summed E-state index contributed by atoms with van der Waals surface area (Å²) in [5.74, 6) is 1.27. The van der Waals surface area contributed by atoms with Gasteiger partial charge in [-0.15, -0.1) is 0 Å². The highest BCUT2D eigenvalue weighted by Gasteiger charge is 2.66. The minimum atomic E-state index is -4.39. The number of imidazole rings is 1. The second kappa shape index (κ2) is 7.08. The molecule has 0 unspecified atom stereocenters. The number of anilines is 1. The average molecular weight is 432 g/mol. The van der Waals surface area contributed by atoms with Gasteiger partial charge in [-0.25, -0.2) is 14.5 Å². The van der Waals surface area contributed by atoms with E-state index < -0.39 is 11.6 Å². The average Bonchev–Trinajstić information content (AvgIpc) is 3.33. The van der Waals surface area contributed by atoms with Gasteiger partial charge in [0.25, 0.3) is 0 Å². The molecule has 4 heterocycles. The molecule has 2 fully saturated rings. The number of hydrogen-bond acceptors (Lipinski definition) is 6. The Morgan fingerprint density at radius 2 is 2.06 bits per heavy atom. The summed E-state index contributed by atoms with van der Waals surface area (Å²) in [6.45, 7) is 3.96. The van der Waals surface area contributed by atoms with Crippen LogP contribution in [0.2, 0.25) is 0 Å². The third-order valence-electron chi connectivity index (χ3n) is 6.29. The van der Waals surface area contributed by atoms with Gasteiger partial charge in [-0.3, -0.25) is 0 Å². The topological polar surface area (TPSA) is 76.4 Å². The van der Waals surface area contributed by atoms with E-state index in [1.807, 2.05) is 12.1 Å². The maximum absolute atomic E-state index is 13.8. The third-order valence-corrected chi connectivity index (χ3v) is 6.29. The third kappa shape index (κ3) is 3.29. The number of alkyl halides is 3. The van der Waals surface area contributed by atoms with E-state index in [1.54, 1.807) is 12.3 Å². The quantitative estimate of drug-likeness (QED) is 0.644. The summed E-state index contributed by atoms with van der Waals surface area (Å²) in [6, 6.07) is 7.31. The first-order chi connectivity index (χ1) is 14.8. The predicted molar refractivity (Wildman–Crippen MR) is 109 cm³/mol. The van der Waals surface area contributed by atoms with E-state index in [1.165, 1.54) is 17.7 Å². The van der Waals surface area contributed by atoms with Crippen LogP contribution in [-0.2, 0) is 5.41 Å². The van der Waals surface area contributed by atoms with Gasteiger partial charge in [0.1, 0.15) is 28.4 Å². The lowest BCUT2D eigenvalue weighted by atomic mass is 10.0. The standard InChI is InChI=1S/C21H23F3N6O/c1-12-9-25-10-14(12)28-17-5-3-4-13(27-17)15-11-26-18-8-16(31-2)19(29-30(15)18)20(6-7-20)21(22,23)24/h3-5,8,11-12,14,25H,6-7,9-10H2,1-2H3,(H,27,28)/t12-,14-/m0/s1. The molecule has 2 aliphatic rings. The molecule has 2 N–H and O–H groups in total. The Labute approximate surface area is 177 Å². The molecule has 0 radical (unpaired) electrons. The molecule has 10 heteroatoms. The lowest BCUT2D eigenvalue weighted by Crippen LogP contribution is -2.30. The summed E-state index contributed by atoms with van der Waals surface area (Å²) in [5, 5.41) is 11.1. The van der Waals surface area contributed by atoms with Crippen LogP contribution in [-0.4, -0.2) is 52.0 Å². The second-order valence-corrected chi connectivity index (χ2v) is 8.35. The van der Waals surface area contributed by atoms with Crippen LogP contribution >= 0.6 is 0 Å². The van der Waals surface area contributed by atoms with Gasteiger partial charge in [-0.05, 0) is 37.4 Å². The zero-order chi connectivity index (χ0) is 21.8. The Hall–Kier alpha value is -2.88. The number of pyridine rings is 1. The van der Waals surface area contributed by atoms with E-state index in [0.717, 1.165) is 13.1 Å². The predicted octanol–water partition coefficient (Wildman–Crippen LogP) is 3.41. The second-order valence-electron chi connectivity index (χ2n) is 8.35. The minimum absolute atomic E-state index is 0.000655. The monoisotopic (exact) mass is 432 g/mol. The lowest BCUT2D eigenvalue weighted by molar-refractivity contribution is -0.162. The molecular formula is C21H23F3N6O. The Balaban J connectivity index is 1.56. The molecule has 2 atom stereocenters. The molecule has 1 saturated heterocycles. The van der Waals surface area contributed by atoms with Crippen LogP contribution in [0.4, 0.5) is 19.0 Å². The highest BCUT2D eigenvalue weighted by atomic mass is 19.4. The van der Waals surface area contributed by atoms with E-state index in [4.69, 9.17) is 4.74 Å². The Morgan fingerprint density at radius 3 is 2.71 bits per heavy atom. The fraction of sp³-hybridized carbons (Fsp3) is 0.476. The van der Waals surface area contributed by atoms with Crippen molar-refractivity contribution >= 4 is 11.5 Å². The number of hydrogen-bond donors (Lipinski definition) is 2. The minimum Gasteiger partial charge on any atom is -0.495 e. The number of methoxy groups -OCH3 is 1. The maximum Gasteiger partial charge on any atom is 0.400 e. The lowest BCUT2D eigenvalue weighted by Gasteiger charge is -2.21. The Morgan fingerprint density at radius 1 is 1.26 bits per heavy atom. The zero-order valence-electron chi connectivity index (χ0n) is 17.2. The summed E-state index contributed by atoms with van der Waals surface area (Å²) >= 11 is 0. The van der Waals surface area contributed by atoms with Gasteiger partial charge in [0.2, 0.25) is 0 Å². The number of rotatable bonds is 5. The smallest absolute Gasteiger partial charge is 0.400 e. The van der Waals surface area contributed by atoms with Gasteiger partial charge in [0.05, 0.1) is 19.0 Å². The summed E-state index contributed by atoms with van der Waals surface area (Å²) in [4.78, 5) is 8.99. The molecule has 3 aromatic heterocycles. The van der Waals surface area contributed by atoms with E-state index in [0.29, 0.717) is 28.8 Å². The van der Waals surface area contributed by atoms with Gasteiger partial charge >= 0.3 is 6.18 Å². The fourth-order valence-electron chi connectivity index (χ4n) is 4.19. The van der Waals surface area contributed by atoms with E-state index in [-0.39, 0.29) is 30.3 Å². The number of nitrogens with one attached hydrogen (secondary N) is 2. The van der Waals surface area contributed by atoms with E-state index in [2.05, 4.69) is 32.6 Å². The van der Waals surface area contributed by atoms with Crippen molar-refractivity contribution in [3.8, 4) is 17.1 Å². The SMILES string of the molecule is COc1cc2ncc(-c3cccc(N[C@H]4CNC[C@@H]4C)n3)n2nc1C1(C(F)(F)F)CC1. The molecule has 0 aromatic carbocycles. The van der Waals surface area contributed by atoms with Crippen molar-refractivity contribution in [1.29, 1.82) is 0 Å². The van der Waals surface area contributed by atoms with Crippen LogP contribution < -0.4 is 15.4 Å². The first-order valence-corrected chi connectivity index (χ1v) is 10.3. The molecule has 7 nitrogen and oxygen atoms in total. The van der Waals surface area contributed by atoms with Crippen molar-refractivity contribution in [2.75, 3.05) is 25.5 Å². The van der Waals surface area contributed by atoms with Gasteiger partial charge in [0.15, 0.2) is 5.65 Å². The van der Waals surface area contributed by atoms with Crippen molar-refractivity contribution in [3.05, 3.63) is 36.2 Å². The molecule has 0 amide bonds. The summed E-state index contributed by atoms with van der Waals surface area (Å²) in [6.07, 6.45) is -2.82. The molecule has 31 heavy (non-hydrogen) atoms. The van der Waals surface area contributed by atoms with Crippen molar-refractivity contribution in [2.45, 2.75) is 37.4 Å². The van der Waals surface area contributed by atoms with Gasteiger partial charge in [-0.1, -0.05) is 13.0 Å². The number of aromatic nitrogens is 4.